The Hall–Kier alpha value is -0.610. The smallest absolute Gasteiger partial charge is 0.227 e. The van der Waals surface area contributed by atoms with E-state index in [1.807, 2.05) is 13.8 Å². The Balaban J connectivity index is 3.92. The van der Waals surface area contributed by atoms with E-state index in [1.54, 1.807) is 0 Å². The van der Waals surface area contributed by atoms with Crippen molar-refractivity contribution in [1.29, 1.82) is 0 Å². The van der Waals surface area contributed by atoms with Gasteiger partial charge in [-0.3, -0.25) is 4.79 Å². The van der Waals surface area contributed by atoms with Crippen LogP contribution in [-0.4, -0.2) is 43.5 Å². The second kappa shape index (κ2) is 9.32. The van der Waals surface area contributed by atoms with Crippen molar-refractivity contribution in [3.8, 4) is 0 Å². The zero-order valence-corrected chi connectivity index (χ0v) is 13.5. The van der Waals surface area contributed by atoms with Gasteiger partial charge in [0.05, 0.1) is 5.41 Å². The molecule has 0 saturated carbocycles. The third-order valence-electron chi connectivity index (χ3n) is 4.33. The standard InChI is InChI=1S/C15H33N3O/c1-6-15(7-2,12-16)14(19)17-10-8-9-11-18(5)13(3)4/h13H,6-12,16H2,1-5H3,(H,17,19). The van der Waals surface area contributed by atoms with Crippen molar-refractivity contribution in [2.45, 2.75) is 59.4 Å². The summed E-state index contributed by atoms with van der Waals surface area (Å²) in [4.78, 5) is 14.5. The van der Waals surface area contributed by atoms with Gasteiger partial charge in [0.25, 0.3) is 0 Å². The first-order chi connectivity index (χ1) is 8.93. The number of carbonyl (C=O) groups excluding carboxylic acids is 1. The van der Waals surface area contributed by atoms with Crippen molar-refractivity contribution < 1.29 is 4.79 Å². The predicted octanol–water partition coefficient (Wildman–Crippen LogP) is 1.99. The van der Waals surface area contributed by atoms with Gasteiger partial charge >= 0.3 is 0 Å². The Kier molecular flexibility index (Phi) is 9.02. The van der Waals surface area contributed by atoms with Gasteiger partial charge in [-0.15, -0.1) is 0 Å². The summed E-state index contributed by atoms with van der Waals surface area (Å²) in [7, 11) is 2.14. The molecule has 1 amide bonds. The maximum atomic E-state index is 12.2. The number of carbonyl (C=O) groups is 1. The van der Waals surface area contributed by atoms with Gasteiger partial charge in [0.15, 0.2) is 0 Å². The zero-order valence-electron chi connectivity index (χ0n) is 13.5. The minimum atomic E-state index is -0.366. The van der Waals surface area contributed by atoms with Crippen molar-refractivity contribution in [1.82, 2.24) is 10.2 Å². The summed E-state index contributed by atoms with van der Waals surface area (Å²) in [5.74, 6) is 0.122. The van der Waals surface area contributed by atoms with Crippen LogP contribution in [0.1, 0.15) is 53.4 Å². The molecule has 0 rings (SSSR count). The Morgan fingerprint density at radius 2 is 1.84 bits per heavy atom. The zero-order chi connectivity index (χ0) is 14.9. The number of hydrogen-bond acceptors (Lipinski definition) is 3. The molecule has 3 N–H and O–H groups in total. The van der Waals surface area contributed by atoms with Gasteiger partial charge in [0, 0.05) is 19.1 Å². The van der Waals surface area contributed by atoms with E-state index in [0.29, 0.717) is 12.6 Å². The van der Waals surface area contributed by atoms with Crippen LogP contribution in [0.5, 0.6) is 0 Å². The highest BCUT2D eigenvalue weighted by molar-refractivity contribution is 5.82. The number of nitrogens with two attached hydrogens (primary N) is 1. The van der Waals surface area contributed by atoms with Gasteiger partial charge in [-0.05, 0) is 53.1 Å². The second-order valence-electron chi connectivity index (χ2n) is 5.73. The van der Waals surface area contributed by atoms with Crippen LogP contribution in [0.25, 0.3) is 0 Å². The second-order valence-corrected chi connectivity index (χ2v) is 5.73. The first-order valence-corrected chi connectivity index (χ1v) is 7.62. The highest BCUT2D eigenvalue weighted by atomic mass is 16.2. The van der Waals surface area contributed by atoms with Crippen LogP contribution >= 0.6 is 0 Å². The molecular formula is C15H33N3O. The SMILES string of the molecule is CCC(CC)(CN)C(=O)NCCCCN(C)C(C)C. The lowest BCUT2D eigenvalue weighted by molar-refractivity contribution is -0.131. The molecule has 0 aliphatic carbocycles. The highest BCUT2D eigenvalue weighted by Gasteiger charge is 2.32. The molecular weight excluding hydrogens is 238 g/mol. The number of hydrogen-bond donors (Lipinski definition) is 2. The fourth-order valence-electron chi connectivity index (χ4n) is 2.09. The number of rotatable bonds is 10. The van der Waals surface area contributed by atoms with Gasteiger partial charge in [0.2, 0.25) is 5.91 Å². The van der Waals surface area contributed by atoms with E-state index in [1.165, 1.54) is 0 Å². The topological polar surface area (TPSA) is 58.4 Å². The summed E-state index contributed by atoms with van der Waals surface area (Å²) in [6.45, 7) is 10.7. The summed E-state index contributed by atoms with van der Waals surface area (Å²) in [6, 6.07) is 0.583. The van der Waals surface area contributed by atoms with E-state index in [4.69, 9.17) is 5.73 Å². The predicted molar refractivity (Wildman–Crippen MR) is 82.1 cm³/mol. The molecule has 0 bridgehead atoms. The number of unbranched alkanes of at least 4 members (excludes halogenated alkanes) is 1. The first kappa shape index (κ1) is 18.4. The Labute approximate surface area is 119 Å². The number of amides is 1. The molecule has 0 aromatic rings. The van der Waals surface area contributed by atoms with Crippen LogP contribution in [0.15, 0.2) is 0 Å². The molecule has 4 heteroatoms. The lowest BCUT2D eigenvalue weighted by Crippen LogP contribution is -2.45. The normalized spacial score (nSPS) is 12.2. The quantitative estimate of drug-likeness (QED) is 0.597. The maximum Gasteiger partial charge on any atom is 0.227 e. The van der Waals surface area contributed by atoms with Crippen LogP contribution in [0.3, 0.4) is 0 Å². The van der Waals surface area contributed by atoms with Crippen LogP contribution in [0, 0.1) is 5.41 Å². The summed E-state index contributed by atoms with van der Waals surface area (Å²) in [5.41, 5.74) is 5.40. The van der Waals surface area contributed by atoms with Crippen LogP contribution in [0.4, 0.5) is 0 Å². The molecule has 0 spiro atoms. The molecule has 19 heavy (non-hydrogen) atoms. The molecule has 0 aromatic heterocycles. The van der Waals surface area contributed by atoms with E-state index in [2.05, 4.69) is 31.1 Å². The van der Waals surface area contributed by atoms with Crippen molar-refractivity contribution >= 4 is 5.91 Å². The average Bonchev–Trinajstić information content (AvgIpc) is 2.40. The van der Waals surface area contributed by atoms with E-state index in [-0.39, 0.29) is 11.3 Å². The number of nitrogens with zero attached hydrogens (tertiary/aromatic N) is 1. The molecule has 0 atom stereocenters. The van der Waals surface area contributed by atoms with Crippen LogP contribution in [0.2, 0.25) is 0 Å². The molecule has 0 aromatic carbocycles. The first-order valence-electron chi connectivity index (χ1n) is 7.62. The van der Waals surface area contributed by atoms with E-state index < -0.39 is 0 Å². The highest BCUT2D eigenvalue weighted by Crippen LogP contribution is 2.24. The van der Waals surface area contributed by atoms with Gasteiger partial charge in [-0.25, -0.2) is 0 Å². The Morgan fingerprint density at radius 1 is 1.26 bits per heavy atom. The van der Waals surface area contributed by atoms with Gasteiger partial charge in [0.1, 0.15) is 0 Å². The van der Waals surface area contributed by atoms with Crippen LogP contribution in [-0.2, 0) is 4.79 Å². The Morgan fingerprint density at radius 3 is 2.26 bits per heavy atom. The molecule has 0 fully saturated rings. The van der Waals surface area contributed by atoms with Crippen molar-refractivity contribution in [3.63, 3.8) is 0 Å². The molecule has 0 radical (unpaired) electrons. The molecule has 0 heterocycles. The van der Waals surface area contributed by atoms with Crippen molar-refractivity contribution in [2.75, 3.05) is 26.7 Å². The average molecular weight is 271 g/mol. The lowest BCUT2D eigenvalue weighted by atomic mass is 9.81. The Bertz CT molecular complexity index is 242. The fourth-order valence-corrected chi connectivity index (χ4v) is 2.09. The minimum Gasteiger partial charge on any atom is -0.356 e. The maximum absolute atomic E-state index is 12.2. The minimum absolute atomic E-state index is 0.122. The number of nitrogens with one attached hydrogen (secondary N) is 1. The molecule has 114 valence electrons. The summed E-state index contributed by atoms with van der Waals surface area (Å²) >= 11 is 0. The lowest BCUT2D eigenvalue weighted by Gasteiger charge is -2.28. The summed E-state index contributed by atoms with van der Waals surface area (Å²) in [5, 5.41) is 3.04. The summed E-state index contributed by atoms with van der Waals surface area (Å²) < 4.78 is 0. The summed E-state index contributed by atoms with van der Waals surface area (Å²) in [6.07, 6.45) is 3.75. The third kappa shape index (κ3) is 5.91. The largest absolute Gasteiger partial charge is 0.356 e. The fraction of sp³-hybridized carbons (Fsp3) is 0.933. The van der Waals surface area contributed by atoms with Crippen LogP contribution < -0.4 is 11.1 Å². The molecule has 0 aliphatic heterocycles. The van der Waals surface area contributed by atoms with E-state index in [9.17, 15) is 4.79 Å². The molecule has 4 nitrogen and oxygen atoms in total. The molecule has 0 saturated heterocycles. The van der Waals surface area contributed by atoms with Gasteiger partial charge < -0.3 is 16.0 Å². The van der Waals surface area contributed by atoms with Crippen molar-refractivity contribution in [2.24, 2.45) is 11.1 Å². The molecule has 0 unspecified atom stereocenters. The third-order valence-corrected chi connectivity index (χ3v) is 4.33. The monoisotopic (exact) mass is 271 g/mol. The van der Waals surface area contributed by atoms with Crippen molar-refractivity contribution in [3.05, 3.63) is 0 Å². The van der Waals surface area contributed by atoms with Gasteiger partial charge in [-0.2, -0.15) is 0 Å². The van der Waals surface area contributed by atoms with E-state index >= 15 is 0 Å². The van der Waals surface area contributed by atoms with E-state index in [0.717, 1.165) is 38.8 Å². The van der Waals surface area contributed by atoms with Gasteiger partial charge in [-0.1, -0.05) is 13.8 Å². The molecule has 0 aliphatic rings.